The minimum absolute atomic E-state index is 0.0626. The Hall–Kier alpha value is -1.65. The van der Waals surface area contributed by atoms with Crippen LogP contribution in [0.4, 0.5) is 0 Å². The van der Waals surface area contributed by atoms with Gasteiger partial charge >= 0.3 is 0 Å². The minimum atomic E-state index is -0.0626. The molecule has 2 heterocycles. The summed E-state index contributed by atoms with van der Waals surface area (Å²) < 4.78 is 0. The van der Waals surface area contributed by atoms with E-state index in [1.807, 2.05) is 13.1 Å². The lowest BCUT2D eigenvalue weighted by Crippen LogP contribution is -2.44. The first kappa shape index (κ1) is 15.3. The summed E-state index contributed by atoms with van der Waals surface area (Å²) in [6, 6.07) is 12.6. The lowest BCUT2D eigenvalue weighted by atomic mass is 10.0. The zero-order valence-corrected chi connectivity index (χ0v) is 13.7. The maximum atomic E-state index is 13.0. The number of benzene rings is 1. The summed E-state index contributed by atoms with van der Waals surface area (Å²) >= 11 is 1.68. The van der Waals surface area contributed by atoms with Gasteiger partial charge in [-0.1, -0.05) is 30.3 Å². The normalized spacial score (nSPS) is 22.6. The van der Waals surface area contributed by atoms with Crippen LogP contribution in [0.2, 0.25) is 0 Å². The summed E-state index contributed by atoms with van der Waals surface area (Å²) in [6.07, 6.45) is 3.01. The van der Waals surface area contributed by atoms with Crippen LogP contribution in [0.15, 0.2) is 47.2 Å². The Morgan fingerprint density at radius 2 is 2.05 bits per heavy atom. The largest absolute Gasteiger partial charge is 0.330 e. The Bertz CT molecular complexity index is 597. The average Bonchev–Trinajstić information content (AvgIpc) is 3.01. The van der Waals surface area contributed by atoms with Gasteiger partial charge in [0.15, 0.2) is 0 Å². The Morgan fingerprint density at radius 3 is 2.73 bits per heavy atom. The van der Waals surface area contributed by atoms with Crippen LogP contribution < -0.4 is 5.32 Å². The molecule has 0 spiro atoms. The molecule has 2 atom stereocenters. The number of likely N-dealkylation sites (N-methyl/N-ethyl adjacent to an activating group) is 1. The van der Waals surface area contributed by atoms with Crippen molar-refractivity contribution in [2.24, 2.45) is 0 Å². The third kappa shape index (κ3) is 3.23. The van der Waals surface area contributed by atoms with E-state index in [4.69, 9.17) is 0 Å². The summed E-state index contributed by atoms with van der Waals surface area (Å²) in [5, 5.41) is 7.39. The molecule has 4 heteroatoms. The van der Waals surface area contributed by atoms with Gasteiger partial charge in [-0.25, -0.2) is 0 Å². The van der Waals surface area contributed by atoms with E-state index in [1.54, 1.807) is 11.3 Å². The maximum Gasteiger partial charge on any atom is 0.240 e. The van der Waals surface area contributed by atoms with Crippen LogP contribution >= 0.6 is 11.3 Å². The molecule has 1 saturated heterocycles. The third-order valence-electron chi connectivity index (χ3n) is 4.39. The van der Waals surface area contributed by atoms with Crippen molar-refractivity contribution in [2.75, 3.05) is 7.05 Å². The topological polar surface area (TPSA) is 32.3 Å². The molecule has 0 bridgehead atoms. The van der Waals surface area contributed by atoms with Crippen molar-refractivity contribution in [3.8, 4) is 0 Å². The molecule has 3 rings (SSSR count). The summed E-state index contributed by atoms with van der Waals surface area (Å²) in [7, 11) is 1.88. The summed E-state index contributed by atoms with van der Waals surface area (Å²) in [6.45, 7) is 0.695. The van der Waals surface area contributed by atoms with E-state index in [-0.39, 0.29) is 18.0 Å². The Kier molecular flexibility index (Phi) is 4.90. The third-order valence-corrected chi connectivity index (χ3v) is 5.13. The van der Waals surface area contributed by atoms with Crippen molar-refractivity contribution in [3.05, 3.63) is 58.3 Å². The number of amides is 1. The zero-order chi connectivity index (χ0) is 15.4. The molecule has 1 amide bonds. The highest BCUT2D eigenvalue weighted by Gasteiger charge is 2.32. The van der Waals surface area contributed by atoms with Gasteiger partial charge in [-0.2, -0.15) is 11.3 Å². The number of carbonyl (C=O) groups is 1. The number of rotatable bonds is 4. The van der Waals surface area contributed by atoms with Crippen molar-refractivity contribution in [3.63, 3.8) is 0 Å². The van der Waals surface area contributed by atoms with Crippen molar-refractivity contribution in [2.45, 2.75) is 37.9 Å². The van der Waals surface area contributed by atoms with Crippen LogP contribution in [0.3, 0.4) is 0 Å². The van der Waals surface area contributed by atoms with Crippen LogP contribution in [-0.2, 0) is 11.3 Å². The number of nitrogens with zero attached hydrogens (tertiary/aromatic N) is 1. The van der Waals surface area contributed by atoms with Crippen LogP contribution in [-0.4, -0.2) is 23.9 Å². The van der Waals surface area contributed by atoms with Gasteiger partial charge in [-0.3, -0.25) is 4.79 Å². The molecule has 0 saturated carbocycles. The molecule has 1 aromatic heterocycles. The van der Waals surface area contributed by atoms with Gasteiger partial charge in [0.05, 0.1) is 12.1 Å². The van der Waals surface area contributed by atoms with Crippen LogP contribution in [0.25, 0.3) is 0 Å². The highest BCUT2D eigenvalue weighted by Crippen LogP contribution is 2.32. The van der Waals surface area contributed by atoms with Gasteiger partial charge in [0.25, 0.3) is 0 Å². The number of thiophene rings is 1. The predicted octanol–water partition coefficient (Wildman–Crippen LogP) is 3.59. The van der Waals surface area contributed by atoms with Gasteiger partial charge < -0.3 is 10.2 Å². The fourth-order valence-corrected chi connectivity index (χ4v) is 3.87. The first-order valence-corrected chi connectivity index (χ1v) is 8.77. The fourth-order valence-electron chi connectivity index (χ4n) is 3.21. The molecule has 1 aliphatic rings. The number of carbonyl (C=O) groups excluding carboxylic acids is 1. The summed E-state index contributed by atoms with van der Waals surface area (Å²) in [5.41, 5.74) is 2.46. The van der Waals surface area contributed by atoms with Gasteiger partial charge in [-0.15, -0.1) is 0 Å². The molecule has 1 aromatic carbocycles. The number of likely N-dealkylation sites (tertiary alicyclic amines) is 1. The Labute approximate surface area is 136 Å². The highest BCUT2D eigenvalue weighted by atomic mass is 32.1. The van der Waals surface area contributed by atoms with E-state index >= 15 is 0 Å². The standard InChI is InChI=1S/C18H22N2OS/c1-19-16-8-5-9-17(15-6-3-2-4-7-15)20(18(16)21)12-14-10-11-22-13-14/h2-4,6-7,10-11,13,16-17,19H,5,8-9,12H2,1H3. The van der Waals surface area contributed by atoms with E-state index in [9.17, 15) is 4.79 Å². The molecule has 22 heavy (non-hydrogen) atoms. The Balaban J connectivity index is 1.92. The van der Waals surface area contributed by atoms with Crippen LogP contribution in [0, 0.1) is 0 Å². The van der Waals surface area contributed by atoms with Crippen molar-refractivity contribution < 1.29 is 4.79 Å². The van der Waals surface area contributed by atoms with Gasteiger partial charge in [-0.05, 0) is 54.3 Å². The molecular formula is C18H22N2OS. The van der Waals surface area contributed by atoms with Crippen molar-refractivity contribution in [1.29, 1.82) is 0 Å². The highest BCUT2D eigenvalue weighted by molar-refractivity contribution is 7.07. The number of hydrogen-bond acceptors (Lipinski definition) is 3. The minimum Gasteiger partial charge on any atom is -0.330 e. The SMILES string of the molecule is CNC1CCCC(c2ccccc2)N(Cc2ccsc2)C1=O. The first-order valence-electron chi connectivity index (χ1n) is 7.83. The second-order valence-corrected chi connectivity index (χ2v) is 6.58. The number of hydrogen-bond donors (Lipinski definition) is 1. The van der Waals surface area contributed by atoms with E-state index in [0.717, 1.165) is 19.3 Å². The summed E-state index contributed by atoms with van der Waals surface area (Å²) in [5.74, 6) is 0.222. The first-order chi connectivity index (χ1) is 10.8. The molecule has 1 aliphatic heterocycles. The molecule has 116 valence electrons. The van der Waals surface area contributed by atoms with Crippen molar-refractivity contribution in [1.82, 2.24) is 10.2 Å². The molecule has 2 unspecified atom stereocenters. The molecule has 3 nitrogen and oxygen atoms in total. The molecule has 0 aliphatic carbocycles. The number of nitrogens with one attached hydrogen (secondary N) is 1. The van der Waals surface area contributed by atoms with Crippen LogP contribution in [0.1, 0.15) is 36.4 Å². The Morgan fingerprint density at radius 1 is 1.23 bits per heavy atom. The quantitative estimate of drug-likeness (QED) is 0.935. The molecular weight excluding hydrogens is 292 g/mol. The van der Waals surface area contributed by atoms with E-state index in [2.05, 4.69) is 51.3 Å². The monoisotopic (exact) mass is 314 g/mol. The second kappa shape index (κ2) is 7.07. The van der Waals surface area contributed by atoms with E-state index in [1.165, 1.54) is 11.1 Å². The lowest BCUT2D eigenvalue weighted by molar-refractivity contribution is -0.135. The van der Waals surface area contributed by atoms with Gasteiger partial charge in [0.1, 0.15) is 0 Å². The van der Waals surface area contributed by atoms with Crippen molar-refractivity contribution >= 4 is 17.2 Å². The van der Waals surface area contributed by atoms with Gasteiger partial charge in [0, 0.05) is 6.54 Å². The second-order valence-electron chi connectivity index (χ2n) is 5.80. The molecule has 1 N–H and O–H groups in total. The predicted molar refractivity (Wildman–Crippen MR) is 90.8 cm³/mol. The zero-order valence-electron chi connectivity index (χ0n) is 12.9. The molecule has 1 fully saturated rings. The van der Waals surface area contributed by atoms with E-state index < -0.39 is 0 Å². The fraction of sp³-hybridized carbons (Fsp3) is 0.389. The lowest BCUT2D eigenvalue weighted by Gasteiger charge is -2.32. The van der Waals surface area contributed by atoms with E-state index in [0.29, 0.717) is 6.54 Å². The maximum absolute atomic E-state index is 13.0. The molecule has 2 aromatic rings. The van der Waals surface area contributed by atoms with Crippen LogP contribution in [0.5, 0.6) is 0 Å². The average molecular weight is 314 g/mol. The molecule has 0 radical (unpaired) electrons. The summed E-state index contributed by atoms with van der Waals surface area (Å²) in [4.78, 5) is 15.0. The van der Waals surface area contributed by atoms with Gasteiger partial charge in [0.2, 0.25) is 5.91 Å². The smallest absolute Gasteiger partial charge is 0.240 e.